The Morgan fingerprint density at radius 1 is 1.00 bits per heavy atom. The topological polar surface area (TPSA) is 114 Å². The summed E-state index contributed by atoms with van der Waals surface area (Å²) >= 11 is 0.909. The molecule has 0 fully saturated rings. The number of aromatic nitrogens is 2. The van der Waals surface area contributed by atoms with Gasteiger partial charge >= 0.3 is 17.6 Å². The smallest absolute Gasteiger partial charge is 0.348 e. The summed E-state index contributed by atoms with van der Waals surface area (Å²) in [5.74, 6) is -1.79. The van der Waals surface area contributed by atoms with Crippen LogP contribution in [0.3, 0.4) is 0 Å². The van der Waals surface area contributed by atoms with Crippen molar-refractivity contribution in [2.24, 2.45) is 0 Å². The van der Waals surface area contributed by atoms with E-state index in [1.165, 1.54) is 13.8 Å². The van der Waals surface area contributed by atoms with Crippen LogP contribution in [0.1, 0.15) is 67.1 Å². The lowest BCUT2D eigenvalue weighted by molar-refractivity contribution is -0.164. The second-order valence-electron chi connectivity index (χ2n) is 9.82. The van der Waals surface area contributed by atoms with E-state index < -0.39 is 40.9 Å². The maximum atomic E-state index is 13.8. The predicted octanol–water partition coefficient (Wildman–Crippen LogP) is 3.67. The van der Waals surface area contributed by atoms with Gasteiger partial charge in [0.05, 0.1) is 18.5 Å². The summed E-state index contributed by atoms with van der Waals surface area (Å²) in [4.78, 5) is 66.5. The minimum atomic E-state index is -1.70. The Labute approximate surface area is 212 Å². The molecule has 0 N–H and O–H groups in total. The van der Waals surface area contributed by atoms with Crippen LogP contribution in [0.5, 0.6) is 0 Å². The zero-order chi connectivity index (χ0) is 27.0. The number of nitrogens with zero attached hydrogens (tertiary/aromatic N) is 2. The monoisotopic (exact) mass is 514 g/mol. The number of hydrogen-bond donors (Lipinski definition) is 0. The maximum Gasteiger partial charge on any atom is 0.348 e. The molecule has 0 spiro atoms. The van der Waals surface area contributed by atoms with Crippen molar-refractivity contribution in [2.45, 2.75) is 66.2 Å². The molecule has 192 valence electrons. The average Bonchev–Trinajstić information content (AvgIpc) is 3.13. The predicted molar refractivity (Wildman–Crippen MR) is 137 cm³/mol. The highest BCUT2D eigenvalue weighted by Crippen LogP contribution is 2.30. The van der Waals surface area contributed by atoms with E-state index in [0.29, 0.717) is 11.1 Å². The molecule has 0 atom stereocenters. The fraction of sp³-hybridized carbons (Fsp3) is 0.423. The van der Waals surface area contributed by atoms with Crippen LogP contribution in [0.4, 0.5) is 0 Å². The molecule has 0 radical (unpaired) electrons. The Balaban J connectivity index is 2.34. The van der Waals surface area contributed by atoms with Gasteiger partial charge in [0.25, 0.3) is 5.56 Å². The number of benzene rings is 1. The fourth-order valence-electron chi connectivity index (χ4n) is 3.72. The van der Waals surface area contributed by atoms with Crippen LogP contribution in [0, 0.1) is 6.92 Å². The minimum Gasteiger partial charge on any atom is -0.462 e. The van der Waals surface area contributed by atoms with Gasteiger partial charge in [0.1, 0.15) is 20.8 Å². The summed E-state index contributed by atoms with van der Waals surface area (Å²) in [5.41, 5.74) is -3.48. The molecule has 3 rings (SSSR count). The zero-order valence-corrected chi connectivity index (χ0v) is 22.3. The second-order valence-corrected chi connectivity index (χ2v) is 10.8. The Morgan fingerprint density at radius 3 is 2.17 bits per heavy atom. The van der Waals surface area contributed by atoms with Gasteiger partial charge in [0, 0.05) is 5.56 Å². The van der Waals surface area contributed by atoms with E-state index in [-0.39, 0.29) is 27.5 Å². The molecule has 1 aromatic carbocycles. The average molecular weight is 515 g/mol. The number of esters is 2. The number of carbonyl (C=O) groups is 3. The number of aryl methyl sites for hydroxylation is 1. The van der Waals surface area contributed by atoms with Crippen molar-refractivity contribution in [3.8, 4) is 0 Å². The van der Waals surface area contributed by atoms with E-state index in [0.717, 1.165) is 20.5 Å². The molecule has 0 aliphatic carbocycles. The van der Waals surface area contributed by atoms with Gasteiger partial charge in [-0.1, -0.05) is 30.3 Å². The van der Waals surface area contributed by atoms with E-state index in [4.69, 9.17) is 9.47 Å². The minimum absolute atomic E-state index is 0.0696. The van der Waals surface area contributed by atoms with Gasteiger partial charge in [-0.3, -0.25) is 14.2 Å². The van der Waals surface area contributed by atoms with Crippen LogP contribution in [-0.2, 0) is 26.4 Å². The Kier molecular flexibility index (Phi) is 7.40. The Morgan fingerprint density at radius 2 is 1.61 bits per heavy atom. The molecule has 3 aromatic rings. The third-order valence-electron chi connectivity index (χ3n) is 5.53. The SMILES string of the molecule is CCOC(=O)c1sc2c(c1C)c(=O)n(C(C)(C)C(=O)OC(C)(C)C)c(=O)n2CC(=O)c1ccccc1. The normalized spacial score (nSPS) is 12.0. The molecular weight excluding hydrogens is 484 g/mol. The lowest BCUT2D eigenvalue weighted by atomic mass is 10.0. The number of ketones is 1. The zero-order valence-electron chi connectivity index (χ0n) is 21.5. The fourth-order valence-corrected chi connectivity index (χ4v) is 4.91. The number of ether oxygens (including phenoxy) is 2. The summed E-state index contributed by atoms with van der Waals surface area (Å²) in [6, 6.07) is 8.40. The standard InChI is InChI=1S/C26H30N2O7S/c1-8-34-22(31)19-15(2)18-20(30)28(26(6,7)23(32)35-25(3,4)5)24(33)27(21(18)36-19)14-17(29)16-12-10-9-11-13-16/h9-13H,8,14H2,1-7H3. The first-order valence-electron chi connectivity index (χ1n) is 11.5. The van der Waals surface area contributed by atoms with Crippen molar-refractivity contribution >= 4 is 39.3 Å². The molecule has 9 nitrogen and oxygen atoms in total. The summed E-state index contributed by atoms with van der Waals surface area (Å²) in [5, 5.41) is 0.0696. The lowest BCUT2D eigenvalue weighted by Gasteiger charge is -2.30. The summed E-state index contributed by atoms with van der Waals surface area (Å²) in [6.07, 6.45) is 0. The molecule has 0 saturated carbocycles. The van der Waals surface area contributed by atoms with E-state index in [1.54, 1.807) is 65.0 Å². The number of rotatable bonds is 7. The van der Waals surface area contributed by atoms with Gasteiger partial charge in [0.2, 0.25) is 0 Å². The summed E-state index contributed by atoms with van der Waals surface area (Å²) in [6.45, 7) is 10.8. The molecule has 36 heavy (non-hydrogen) atoms. The number of carbonyl (C=O) groups excluding carboxylic acids is 3. The molecule has 2 aromatic heterocycles. The van der Waals surface area contributed by atoms with Gasteiger partial charge < -0.3 is 9.47 Å². The second kappa shape index (κ2) is 9.85. The van der Waals surface area contributed by atoms with Crippen LogP contribution < -0.4 is 11.2 Å². The Bertz CT molecular complexity index is 1450. The number of fused-ring (bicyclic) bond motifs is 1. The highest BCUT2D eigenvalue weighted by Gasteiger charge is 2.39. The van der Waals surface area contributed by atoms with Crippen LogP contribution in [0.15, 0.2) is 39.9 Å². The highest BCUT2D eigenvalue weighted by atomic mass is 32.1. The summed E-state index contributed by atoms with van der Waals surface area (Å²) < 4.78 is 12.6. The quantitative estimate of drug-likeness (QED) is 0.349. The van der Waals surface area contributed by atoms with E-state index in [9.17, 15) is 24.0 Å². The highest BCUT2D eigenvalue weighted by molar-refractivity contribution is 7.20. The van der Waals surface area contributed by atoms with Crippen molar-refractivity contribution in [1.29, 1.82) is 0 Å². The van der Waals surface area contributed by atoms with Crippen molar-refractivity contribution in [3.05, 3.63) is 67.2 Å². The third kappa shape index (κ3) is 5.04. The van der Waals surface area contributed by atoms with Gasteiger partial charge in [-0.25, -0.2) is 19.0 Å². The molecule has 0 unspecified atom stereocenters. The number of thiophene rings is 1. The van der Waals surface area contributed by atoms with Crippen LogP contribution >= 0.6 is 11.3 Å². The van der Waals surface area contributed by atoms with Crippen LogP contribution in [-0.4, -0.2) is 39.1 Å². The van der Waals surface area contributed by atoms with E-state index in [1.807, 2.05) is 0 Å². The van der Waals surface area contributed by atoms with E-state index >= 15 is 0 Å². The van der Waals surface area contributed by atoms with Gasteiger partial charge in [-0.15, -0.1) is 11.3 Å². The van der Waals surface area contributed by atoms with Crippen molar-refractivity contribution < 1.29 is 23.9 Å². The van der Waals surface area contributed by atoms with Gasteiger partial charge in [-0.05, 0) is 54.0 Å². The van der Waals surface area contributed by atoms with Crippen LogP contribution in [0.2, 0.25) is 0 Å². The maximum absolute atomic E-state index is 13.8. The van der Waals surface area contributed by atoms with Crippen molar-refractivity contribution in [3.63, 3.8) is 0 Å². The van der Waals surface area contributed by atoms with Crippen molar-refractivity contribution in [2.75, 3.05) is 6.61 Å². The largest absolute Gasteiger partial charge is 0.462 e. The molecule has 10 heteroatoms. The molecule has 0 amide bonds. The molecular formula is C26H30N2O7S. The Hall–Kier alpha value is -3.53. The molecule has 0 aliphatic heterocycles. The first kappa shape index (κ1) is 27.1. The van der Waals surface area contributed by atoms with E-state index in [2.05, 4.69) is 0 Å². The summed E-state index contributed by atoms with van der Waals surface area (Å²) in [7, 11) is 0. The molecule has 2 heterocycles. The lowest BCUT2D eigenvalue weighted by Crippen LogP contribution is -2.54. The molecule has 0 saturated heterocycles. The van der Waals surface area contributed by atoms with Crippen molar-refractivity contribution in [1.82, 2.24) is 9.13 Å². The first-order chi connectivity index (χ1) is 16.7. The number of hydrogen-bond acceptors (Lipinski definition) is 8. The first-order valence-corrected chi connectivity index (χ1v) is 12.3. The van der Waals surface area contributed by atoms with Gasteiger partial charge in [0.15, 0.2) is 5.78 Å². The van der Waals surface area contributed by atoms with Gasteiger partial charge in [-0.2, -0.15) is 0 Å². The number of Topliss-reactive ketones (excluding diaryl/α,β-unsaturated/α-hetero) is 1. The van der Waals surface area contributed by atoms with Crippen LogP contribution in [0.25, 0.3) is 10.2 Å². The third-order valence-corrected chi connectivity index (χ3v) is 6.82. The molecule has 0 aliphatic rings. The molecule has 0 bridgehead atoms.